The number of benzene rings is 1. The maximum Gasteiger partial charge on any atom is 0.187 e. The van der Waals surface area contributed by atoms with Gasteiger partial charge in [-0.25, -0.2) is 0 Å². The molecule has 0 amide bonds. The molecule has 1 unspecified atom stereocenters. The smallest absolute Gasteiger partial charge is 0.187 e. The summed E-state index contributed by atoms with van der Waals surface area (Å²) in [7, 11) is 0. The van der Waals surface area contributed by atoms with E-state index in [9.17, 15) is 0 Å². The largest absolute Gasteiger partial charge is 0.197 e. The molecule has 0 aliphatic carbocycles. The molecule has 2 rings (SSSR count). The summed E-state index contributed by atoms with van der Waals surface area (Å²) in [4.78, 5) is 0. The Morgan fingerprint density at radius 1 is 1.18 bits per heavy atom. The molecule has 0 spiro atoms. The molecule has 0 saturated heterocycles. The third-order valence-corrected chi connectivity index (χ3v) is 2.88. The minimum Gasteiger partial charge on any atom is -0.197 e. The van der Waals surface area contributed by atoms with E-state index in [1.54, 1.807) is 0 Å². The predicted octanol–water partition coefficient (Wildman–Crippen LogP) is 2.85. The molecule has 0 bridgehead atoms. The van der Waals surface area contributed by atoms with Crippen molar-refractivity contribution in [2.24, 2.45) is 0 Å². The fourth-order valence-corrected chi connectivity index (χ4v) is 2.05. The first-order chi connectivity index (χ1) is 8.35. The van der Waals surface area contributed by atoms with Gasteiger partial charge in [0, 0.05) is 18.1 Å². The Morgan fingerprint density at radius 2 is 1.94 bits per heavy atom. The highest BCUT2D eigenvalue weighted by molar-refractivity contribution is 5.22. The summed E-state index contributed by atoms with van der Waals surface area (Å²) in [5, 5.41) is 8.92. The lowest BCUT2D eigenvalue weighted by Gasteiger charge is -2.10. The average molecular weight is 223 g/mol. The molecule has 0 aliphatic rings. The number of hydrogen-bond donors (Lipinski definition) is 0. The molecule has 1 atom stereocenters. The van der Waals surface area contributed by atoms with Crippen molar-refractivity contribution in [3.05, 3.63) is 66.0 Å². The van der Waals surface area contributed by atoms with Crippen molar-refractivity contribution in [1.29, 1.82) is 5.26 Å². The van der Waals surface area contributed by atoms with Gasteiger partial charge in [-0.3, -0.25) is 0 Å². The molecule has 84 valence electrons. The normalized spacial score (nSPS) is 11.8. The molecule has 2 aromatic rings. The zero-order valence-corrected chi connectivity index (χ0v) is 9.88. The number of rotatable bonds is 3. The van der Waals surface area contributed by atoms with Crippen molar-refractivity contribution < 1.29 is 4.57 Å². The van der Waals surface area contributed by atoms with Crippen molar-refractivity contribution in [3.63, 3.8) is 0 Å². The van der Waals surface area contributed by atoms with Crippen LogP contribution >= 0.6 is 0 Å². The van der Waals surface area contributed by atoms with E-state index in [4.69, 9.17) is 5.26 Å². The summed E-state index contributed by atoms with van der Waals surface area (Å²) in [6.07, 6.45) is 4.92. The van der Waals surface area contributed by atoms with Crippen LogP contribution in [0.1, 0.15) is 30.5 Å². The Morgan fingerprint density at radius 3 is 2.59 bits per heavy atom. The number of pyridine rings is 1. The second-order valence-corrected chi connectivity index (χ2v) is 3.99. The molecule has 0 N–H and O–H groups in total. The monoisotopic (exact) mass is 223 g/mol. The van der Waals surface area contributed by atoms with E-state index >= 15 is 0 Å². The summed E-state index contributed by atoms with van der Waals surface area (Å²) in [6, 6.07) is 16.6. The van der Waals surface area contributed by atoms with Gasteiger partial charge in [0.1, 0.15) is 11.6 Å². The lowest BCUT2D eigenvalue weighted by Crippen LogP contribution is -2.39. The highest BCUT2D eigenvalue weighted by Crippen LogP contribution is 2.15. The Labute approximate surface area is 102 Å². The molecule has 1 aromatic heterocycles. The Bertz CT molecular complexity index is 526. The first kappa shape index (κ1) is 11.3. The molecule has 0 aliphatic heterocycles. The van der Waals surface area contributed by atoms with E-state index in [0.29, 0.717) is 11.6 Å². The third-order valence-electron chi connectivity index (χ3n) is 2.88. The Kier molecular flexibility index (Phi) is 3.52. The van der Waals surface area contributed by atoms with Gasteiger partial charge in [-0.1, -0.05) is 37.3 Å². The van der Waals surface area contributed by atoms with Crippen molar-refractivity contribution in [3.8, 4) is 6.07 Å². The van der Waals surface area contributed by atoms with E-state index < -0.39 is 0 Å². The Hall–Kier alpha value is -2.14. The zero-order chi connectivity index (χ0) is 12.1. The Balaban J connectivity index is 2.39. The van der Waals surface area contributed by atoms with Gasteiger partial charge >= 0.3 is 0 Å². The quantitative estimate of drug-likeness (QED) is 0.735. The van der Waals surface area contributed by atoms with Gasteiger partial charge in [-0.2, -0.15) is 9.83 Å². The standard InChI is InChI=1S/C15H15N2/c1-2-15(14-8-4-3-5-9-14)17-10-6-7-13(11-16)12-17/h3-10,12,15H,2H2,1H3/q+1. The van der Waals surface area contributed by atoms with Crippen molar-refractivity contribution in [2.45, 2.75) is 19.4 Å². The van der Waals surface area contributed by atoms with Gasteiger partial charge < -0.3 is 0 Å². The first-order valence-electron chi connectivity index (χ1n) is 5.81. The van der Waals surface area contributed by atoms with Crippen molar-refractivity contribution in [2.75, 3.05) is 0 Å². The minimum atomic E-state index is 0.296. The number of nitrogens with zero attached hydrogens (tertiary/aromatic N) is 2. The minimum absolute atomic E-state index is 0.296. The lowest BCUT2D eigenvalue weighted by molar-refractivity contribution is -0.714. The fraction of sp³-hybridized carbons (Fsp3) is 0.200. The van der Waals surface area contributed by atoms with E-state index in [2.05, 4.69) is 29.7 Å². The van der Waals surface area contributed by atoms with Crippen molar-refractivity contribution >= 4 is 0 Å². The van der Waals surface area contributed by atoms with Gasteiger partial charge in [0.15, 0.2) is 18.4 Å². The zero-order valence-electron chi connectivity index (χ0n) is 9.88. The van der Waals surface area contributed by atoms with E-state index in [0.717, 1.165) is 6.42 Å². The van der Waals surface area contributed by atoms with Crippen LogP contribution < -0.4 is 4.57 Å². The van der Waals surface area contributed by atoms with E-state index in [-0.39, 0.29) is 0 Å². The van der Waals surface area contributed by atoms with Crippen LogP contribution in [-0.2, 0) is 0 Å². The average Bonchev–Trinajstić information content (AvgIpc) is 2.41. The van der Waals surface area contributed by atoms with Gasteiger partial charge in [-0.15, -0.1) is 0 Å². The van der Waals surface area contributed by atoms with Crippen LogP contribution in [0.2, 0.25) is 0 Å². The second kappa shape index (κ2) is 5.27. The predicted molar refractivity (Wildman–Crippen MR) is 66.2 cm³/mol. The maximum atomic E-state index is 8.92. The summed E-state index contributed by atoms with van der Waals surface area (Å²) in [5.41, 5.74) is 1.97. The summed E-state index contributed by atoms with van der Waals surface area (Å²) >= 11 is 0. The first-order valence-corrected chi connectivity index (χ1v) is 5.81. The van der Waals surface area contributed by atoms with E-state index in [1.807, 2.05) is 42.7 Å². The fourth-order valence-electron chi connectivity index (χ4n) is 2.05. The molecular formula is C15H15N2+. The van der Waals surface area contributed by atoms with Crippen molar-refractivity contribution in [1.82, 2.24) is 0 Å². The molecule has 1 aromatic carbocycles. The molecular weight excluding hydrogens is 208 g/mol. The molecule has 0 radical (unpaired) electrons. The van der Waals surface area contributed by atoms with Gasteiger partial charge in [0.25, 0.3) is 0 Å². The molecule has 17 heavy (non-hydrogen) atoms. The number of aromatic nitrogens is 1. The molecule has 0 fully saturated rings. The summed E-state index contributed by atoms with van der Waals surface area (Å²) in [6.45, 7) is 2.16. The van der Waals surface area contributed by atoms with Crippen LogP contribution in [0.15, 0.2) is 54.9 Å². The molecule has 2 nitrogen and oxygen atoms in total. The topological polar surface area (TPSA) is 27.7 Å². The van der Waals surface area contributed by atoms with Gasteiger partial charge in [0.05, 0.1) is 0 Å². The van der Waals surface area contributed by atoms with Crippen LogP contribution in [-0.4, -0.2) is 0 Å². The van der Waals surface area contributed by atoms with Crippen LogP contribution in [0.25, 0.3) is 0 Å². The van der Waals surface area contributed by atoms with Crippen LogP contribution in [0.3, 0.4) is 0 Å². The van der Waals surface area contributed by atoms with Crippen LogP contribution in [0.4, 0.5) is 0 Å². The van der Waals surface area contributed by atoms with Gasteiger partial charge in [-0.05, 0) is 6.07 Å². The third kappa shape index (κ3) is 2.51. The van der Waals surface area contributed by atoms with Gasteiger partial charge in [0.2, 0.25) is 0 Å². The molecule has 2 heteroatoms. The lowest BCUT2D eigenvalue weighted by atomic mass is 10.0. The maximum absolute atomic E-state index is 8.92. The SMILES string of the molecule is CCC(c1ccccc1)[n+]1cccc(C#N)c1. The number of hydrogen-bond acceptors (Lipinski definition) is 1. The highest BCUT2D eigenvalue weighted by atomic mass is 15.0. The second-order valence-electron chi connectivity index (χ2n) is 3.99. The highest BCUT2D eigenvalue weighted by Gasteiger charge is 2.18. The van der Waals surface area contributed by atoms with E-state index in [1.165, 1.54) is 5.56 Å². The molecule has 0 saturated carbocycles. The summed E-state index contributed by atoms with van der Waals surface area (Å²) in [5.74, 6) is 0. The number of nitriles is 1. The molecule has 1 heterocycles. The van der Waals surface area contributed by atoms with Crippen LogP contribution in [0, 0.1) is 11.3 Å². The van der Waals surface area contributed by atoms with Crippen LogP contribution in [0.5, 0.6) is 0 Å². The summed E-state index contributed by atoms with van der Waals surface area (Å²) < 4.78 is 2.11.